The first-order chi connectivity index (χ1) is 26.7. The summed E-state index contributed by atoms with van der Waals surface area (Å²) in [4.78, 5) is 15.4. The molecule has 1 aliphatic rings. The van der Waals surface area contributed by atoms with Crippen molar-refractivity contribution in [2.75, 3.05) is 5.32 Å². The summed E-state index contributed by atoms with van der Waals surface area (Å²) in [6.45, 7) is 0. The summed E-state index contributed by atoms with van der Waals surface area (Å²) in [6.07, 6.45) is -0.251. The van der Waals surface area contributed by atoms with Crippen molar-refractivity contribution in [2.24, 2.45) is 0 Å². The molecule has 5 nitrogen and oxygen atoms in total. The molecule has 54 heavy (non-hydrogen) atoms. The Hall–Kier alpha value is -6.59. The Balaban J connectivity index is 1.13. The van der Waals surface area contributed by atoms with Gasteiger partial charge in [0, 0.05) is 5.56 Å². The molecular formula is C48H32N4OSe. The van der Waals surface area contributed by atoms with Crippen LogP contribution in [-0.4, -0.2) is 31.0 Å². The van der Waals surface area contributed by atoms with E-state index in [0.717, 1.165) is 82.0 Å². The molecule has 0 fully saturated rings. The fraction of sp³-hybridized carbons (Fsp3) is 0.0208. The third kappa shape index (κ3) is 5.69. The molecule has 0 amide bonds. The first-order valence-corrected chi connectivity index (χ1v) is 18.9. The molecule has 1 unspecified atom stereocenters. The number of fused-ring (bicyclic) bond motifs is 5. The number of rotatable bonds is 6. The van der Waals surface area contributed by atoms with Crippen molar-refractivity contribution in [3.05, 3.63) is 181 Å². The van der Waals surface area contributed by atoms with E-state index in [0.29, 0.717) is 17.5 Å². The summed E-state index contributed by atoms with van der Waals surface area (Å²) >= 11 is 2.74. The van der Waals surface area contributed by atoms with E-state index in [1.54, 1.807) is 0 Å². The van der Waals surface area contributed by atoms with Gasteiger partial charge in [0.25, 0.3) is 0 Å². The van der Waals surface area contributed by atoms with Crippen molar-refractivity contribution in [2.45, 2.75) is 6.23 Å². The van der Waals surface area contributed by atoms with E-state index in [-0.39, 0.29) is 6.23 Å². The average molecular weight is 760 g/mol. The molecule has 8 aromatic carbocycles. The number of nitrogens with one attached hydrogen (secondary N) is 1. The second-order valence-corrected chi connectivity index (χ2v) is 14.3. The average Bonchev–Trinajstić information content (AvgIpc) is 3.69. The molecule has 0 saturated heterocycles. The quantitative estimate of drug-likeness (QED) is 0.135. The number of nitrogens with zero attached hydrogens (tertiary/aromatic N) is 3. The normalized spacial score (nSPS) is 13.4. The predicted octanol–water partition coefficient (Wildman–Crippen LogP) is 10.5. The van der Waals surface area contributed by atoms with Crippen LogP contribution in [0.3, 0.4) is 0 Å². The van der Waals surface area contributed by atoms with Gasteiger partial charge in [0.05, 0.1) is 0 Å². The van der Waals surface area contributed by atoms with Gasteiger partial charge in [0.1, 0.15) is 5.75 Å². The Morgan fingerprint density at radius 1 is 0.463 bits per heavy atom. The number of anilines is 1. The van der Waals surface area contributed by atoms with Gasteiger partial charge in [0.2, 0.25) is 0 Å². The van der Waals surface area contributed by atoms with E-state index in [1.807, 2.05) is 54.6 Å². The first-order valence-electron chi connectivity index (χ1n) is 17.9. The van der Waals surface area contributed by atoms with Gasteiger partial charge in [-0.15, -0.1) is 0 Å². The fourth-order valence-electron chi connectivity index (χ4n) is 7.44. The minimum absolute atomic E-state index is 0.251. The molecule has 0 saturated carbocycles. The molecule has 10 rings (SSSR count). The van der Waals surface area contributed by atoms with Crippen LogP contribution >= 0.6 is 0 Å². The van der Waals surface area contributed by atoms with E-state index < -0.39 is 0 Å². The van der Waals surface area contributed by atoms with Crippen molar-refractivity contribution >= 4 is 47.7 Å². The number of ether oxygens (including phenoxy) is 1. The standard InChI is InChI=1S/C48H32N4OSe/c54-44-37(30-13-4-1-5-14-30)21-12-22-39(44)47-51-45(33-15-6-2-7-16-33)50-46(52-47)38-20-11-10-19-36(38)35-26-24-31-23-25-32-27-28-41-43(42(32)40(31)29-35)49-48(53-41)34-17-8-3-9-18-34/h1-29,48-49,54H. The van der Waals surface area contributed by atoms with Gasteiger partial charge in [-0.3, -0.25) is 0 Å². The number of benzene rings is 8. The van der Waals surface area contributed by atoms with Gasteiger partial charge < -0.3 is 10.1 Å². The Labute approximate surface area is 321 Å². The molecule has 0 spiro atoms. The predicted molar refractivity (Wildman–Crippen MR) is 222 cm³/mol. The van der Waals surface area contributed by atoms with E-state index in [9.17, 15) is 0 Å². The van der Waals surface area contributed by atoms with Gasteiger partial charge in [-0.2, -0.15) is 0 Å². The Kier molecular flexibility index (Phi) is 7.98. The van der Waals surface area contributed by atoms with Gasteiger partial charge in [-0.05, 0) is 6.07 Å². The molecular weight excluding hydrogens is 728 g/mol. The van der Waals surface area contributed by atoms with E-state index in [4.69, 9.17) is 19.7 Å². The summed E-state index contributed by atoms with van der Waals surface area (Å²) in [5.41, 5.74) is 9.29. The summed E-state index contributed by atoms with van der Waals surface area (Å²) in [5, 5.41) is 8.29. The molecule has 1 N–H and O–H groups in total. The van der Waals surface area contributed by atoms with Crippen molar-refractivity contribution in [1.82, 2.24) is 15.0 Å². The zero-order chi connectivity index (χ0) is 36.0. The van der Waals surface area contributed by atoms with Crippen molar-refractivity contribution < 1.29 is 4.74 Å². The molecule has 6 heteroatoms. The van der Waals surface area contributed by atoms with E-state index >= 15 is 0 Å². The SMILES string of the molecule is [SeH]c1c(-c2ccccc2)cccc1-c1nc(-c2ccccc2)nc(-c2ccccc2-c2ccc3ccc4ccc5c(c4c3c2)NC(c2ccccc2)O5)n1. The topological polar surface area (TPSA) is 59.9 Å². The Morgan fingerprint density at radius 3 is 1.81 bits per heavy atom. The van der Waals surface area contributed by atoms with Gasteiger partial charge in [-0.1, -0.05) is 42.5 Å². The van der Waals surface area contributed by atoms with Crippen molar-refractivity contribution in [3.8, 4) is 62.2 Å². The van der Waals surface area contributed by atoms with E-state index in [1.165, 1.54) is 0 Å². The molecule has 0 radical (unpaired) electrons. The van der Waals surface area contributed by atoms with Crippen LogP contribution in [0.4, 0.5) is 5.69 Å². The zero-order valence-electron chi connectivity index (χ0n) is 29.0. The molecule has 0 aliphatic carbocycles. The second-order valence-electron chi connectivity index (χ2n) is 13.4. The number of aromatic nitrogens is 3. The van der Waals surface area contributed by atoms with Crippen LogP contribution in [0.5, 0.6) is 5.75 Å². The molecule has 256 valence electrons. The van der Waals surface area contributed by atoms with Crippen LogP contribution in [0.1, 0.15) is 11.8 Å². The molecule has 1 atom stereocenters. The number of hydrogen-bond acceptors (Lipinski definition) is 5. The zero-order valence-corrected chi connectivity index (χ0v) is 30.9. The maximum atomic E-state index is 6.44. The van der Waals surface area contributed by atoms with Crippen molar-refractivity contribution in [1.29, 1.82) is 0 Å². The van der Waals surface area contributed by atoms with E-state index in [2.05, 4.69) is 143 Å². The first kappa shape index (κ1) is 32.1. The maximum absolute atomic E-state index is 6.44. The van der Waals surface area contributed by atoms with Gasteiger partial charge in [0.15, 0.2) is 6.23 Å². The molecule has 0 bridgehead atoms. The second kappa shape index (κ2) is 13.4. The van der Waals surface area contributed by atoms with Crippen LogP contribution in [0.2, 0.25) is 0 Å². The molecule has 1 aliphatic heterocycles. The third-order valence-corrected chi connectivity index (χ3v) is 11.1. The third-order valence-electron chi connectivity index (χ3n) is 10.1. The van der Waals surface area contributed by atoms with Crippen LogP contribution in [0.25, 0.3) is 78.0 Å². The summed E-state index contributed by atoms with van der Waals surface area (Å²) in [5.74, 6) is 2.72. The van der Waals surface area contributed by atoms with Crippen LogP contribution in [0.15, 0.2) is 176 Å². The number of hydrogen-bond donors (Lipinski definition) is 1. The summed E-state index contributed by atoms with van der Waals surface area (Å²) < 4.78 is 7.50. The molecule has 9 aromatic rings. The van der Waals surface area contributed by atoms with Crippen LogP contribution in [0, 0.1) is 0 Å². The van der Waals surface area contributed by atoms with Gasteiger partial charge in [-0.25, -0.2) is 0 Å². The monoisotopic (exact) mass is 760 g/mol. The minimum atomic E-state index is -0.251. The van der Waals surface area contributed by atoms with Gasteiger partial charge >= 0.3 is 246 Å². The summed E-state index contributed by atoms with van der Waals surface area (Å²) in [7, 11) is 0. The molecule has 2 heterocycles. The summed E-state index contributed by atoms with van der Waals surface area (Å²) in [6, 6.07) is 60.8. The molecule has 1 aromatic heterocycles. The van der Waals surface area contributed by atoms with Crippen LogP contribution in [-0.2, 0) is 0 Å². The fourth-order valence-corrected chi connectivity index (χ4v) is 8.23. The Morgan fingerprint density at radius 2 is 1.04 bits per heavy atom. The van der Waals surface area contributed by atoms with Crippen LogP contribution < -0.4 is 14.5 Å². The Bertz CT molecular complexity index is 2850. The van der Waals surface area contributed by atoms with Crippen molar-refractivity contribution in [3.63, 3.8) is 0 Å².